The second-order valence-corrected chi connectivity index (χ2v) is 3.93. The number of hydrogen-bond donors (Lipinski definition) is 1. The Bertz CT molecular complexity index is 423. The lowest BCUT2D eigenvalue weighted by atomic mass is 10.1. The molecule has 13 heavy (non-hydrogen) atoms. The molecule has 66 valence electrons. The Balaban J connectivity index is 2.62. The van der Waals surface area contributed by atoms with Crippen LogP contribution in [0.5, 0.6) is 0 Å². The molecule has 0 N–H and O–H groups in total. The Hall–Kier alpha value is -1.02. The van der Waals surface area contributed by atoms with Gasteiger partial charge in [-0.15, -0.1) is 0 Å². The van der Waals surface area contributed by atoms with E-state index in [9.17, 15) is 0 Å². The number of aromatic nitrogens is 1. The summed E-state index contributed by atoms with van der Waals surface area (Å²) in [5.41, 5.74) is 1.24. The Labute approximate surface area is 83.2 Å². The summed E-state index contributed by atoms with van der Waals surface area (Å²) < 4.78 is 0. The zero-order chi connectivity index (χ0) is 9.26. The van der Waals surface area contributed by atoms with E-state index >= 15 is 0 Å². The Kier molecular flexibility index (Phi) is 2.23. The lowest BCUT2D eigenvalue weighted by Crippen LogP contribution is -1.84. The van der Waals surface area contributed by atoms with Crippen molar-refractivity contribution >= 4 is 23.4 Å². The third-order valence-electron chi connectivity index (χ3n) is 2.15. The number of nitrogens with zero attached hydrogens (tertiary/aromatic N) is 1. The molecule has 1 heterocycles. The van der Waals surface area contributed by atoms with Crippen molar-refractivity contribution in [2.24, 2.45) is 0 Å². The van der Waals surface area contributed by atoms with E-state index in [1.165, 1.54) is 16.3 Å². The summed E-state index contributed by atoms with van der Waals surface area (Å²) in [6.45, 7) is 2.07. The minimum Gasteiger partial charge on any atom is -0.264 e. The van der Waals surface area contributed by atoms with Gasteiger partial charge in [0.15, 0.2) is 0 Å². The van der Waals surface area contributed by atoms with Crippen molar-refractivity contribution in [1.29, 1.82) is 0 Å². The molecular formula is C11H11NS. The zero-order valence-corrected chi connectivity index (χ0v) is 8.33. The molecule has 0 aliphatic carbocycles. The average Bonchev–Trinajstić information content (AvgIpc) is 2.17. The molecule has 0 fully saturated rings. The van der Waals surface area contributed by atoms with Gasteiger partial charge in [-0.3, -0.25) is 4.98 Å². The lowest BCUT2D eigenvalue weighted by molar-refractivity contribution is 1.12. The number of hydrogen-bond acceptors (Lipinski definition) is 2. The fourth-order valence-corrected chi connectivity index (χ4v) is 1.52. The van der Waals surface area contributed by atoms with Crippen molar-refractivity contribution in [3.05, 3.63) is 42.2 Å². The summed E-state index contributed by atoms with van der Waals surface area (Å²) in [6.07, 6.45) is 3.70. The second-order valence-electron chi connectivity index (χ2n) is 3.16. The predicted octanol–water partition coefficient (Wildman–Crippen LogP) is 3.23. The van der Waals surface area contributed by atoms with E-state index in [2.05, 4.69) is 42.7 Å². The van der Waals surface area contributed by atoms with Crippen molar-refractivity contribution in [3.8, 4) is 0 Å². The van der Waals surface area contributed by atoms with Crippen LogP contribution in [0, 0.1) is 0 Å². The number of rotatable bonds is 1. The fraction of sp³-hybridized carbons (Fsp3) is 0.182. The highest BCUT2D eigenvalue weighted by atomic mass is 32.1. The molecule has 1 atom stereocenters. The van der Waals surface area contributed by atoms with Gasteiger partial charge in [0.25, 0.3) is 0 Å². The van der Waals surface area contributed by atoms with E-state index < -0.39 is 0 Å². The van der Waals surface area contributed by atoms with Gasteiger partial charge in [-0.2, -0.15) is 12.6 Å². The van der Waals surface area contributed by atoms with Gasteiger partial charge in [-0.1, -0.05) is 12.1 Å². The maximum atomic E-state index is 4.39. The molecule has 1 nitrogen and oxygen atoms in total. The Morgan fingerprint density at radius 1 is 1.23 bits per heavy atom. The summed E-state index contributed by atoms with van der Waals surface area (Å²) in [6, 6.07) is 8.38. The summed E-state index contributed by atoms with van der Waals surface area (Å²) in [7, 11) is 0. The first kappa shape index (κ1) is 8.57. The molecule has 0 spiro atoms. The van der Waals surface area contributed by atoms with Crippen LogP contribution in [0.2, 0.25) is 0 Å². The van der Waals surface area contributed by atoms with Crippen molar-refractivity contribution in [2.75, 3.05) is 0 Å². The van der Waals surface area contributed by atoms with Crippen LogP contribution in [-0.2, 0) is 0 Å². The van der Waals surface area contributed by atoms with Crippen LogP contribution >= 0.6 is 12.6 Å². The first-order valence-corrected chi connectivity index (χ1v) is 4.81. The molecule has 1 unspecified atom stereocenters. The lowest BCUT2D eigenvalue weighted by Gasteiger charge is -2.05. The molecule has 0 bridgehead atoms. The zero-order valence-electron chi connectivity index (χ0n) is 7.44. The third kappa shape index (κ3) is 1.68. The highest BCUT2D eigenvalue weighted by molar-refractivity contribution is 7.80. The van der Waals surface area contributed by atoms with E-state index in [1.54, 1.807) is 0 Å². The van der Waals surface area contributed by atoms with Crippen LogP contribution in [0.1, 0.15) is 17.7 Å². The van der Waals surface area contributed by atoms with Crippen molar-refractivity contribution in [3.63, 3.8) is 0 Å². The highest BCUT2D eigenvalue weighted by Crippen LogP contribution is 2.22. The predicted molar refractivity (Wildman–Crippen MR) is 59.1 cm³/mol. The molecule has 1 aromatic heterocycles. The molecule has 2 heteroatoms. The van der Waals surface area contributed by atoms with Crippen molar-refractivity contribution < 1.29 is 0 Å². The standard InChI is InChI=1S/C11H11NS/c1-8(13)10-3-2-9-4-5-12-7-11(9)6-10/h2-8,13H,1H3. The summed E-state index contributed by atoms with van der Waals surface area (Å²) in [5.74, 6) is 0. The molecule has 0 aliphatic rings. The van der Waals surface area contributed by atoms with Gasteiger partial charge in [-0.05, 0) is 30.0 Å². The van der Waals surface area contributed by atoms with Crippen molar-refractivity contribution in [2.45, 2.75) is 12.2 Å². The molecule has 0 saturated heterocycles. The quantitative estimate of drug-likeness (QED) is 0.680. The van der Waals surface area contributed by atoms with Gasteiger partial charge in [0.1, 0.15) is 0 Å². The first-order chi connectivity index (χ1) is 6.27. The largest absolute Gasteiger partial charge is 0.264 e. The monoisotopic (exact) mass is 189 g/mol. The molecular weight excluding hydrogens is 178 g/mol. The summed E-state index contributed by atoms with van der Waals surface area (Å²) >= 11 is 4.39. The number of thiol groups is 1. The van der Waals surface area contributed by atoms with E-state index in [4.69, 9.17) is 0 Å². The molecule has 0 radical (unpaired) electrons. The second kappa shape index (κ2) is 3.38. The summed E-state index contributed by atoms with van der Waals surface area (Å²) in [4.78, 5) is 4.09. The van der Waals surface area contributed by atoms with Crippen LogP contribution in [-0.4, -0.2) is 4.98 Å². The van der Waals surface area contributed by atoms with E-state index in [0.717, 1.165) is 0 Å². The third-order valence-corrected chi connectivity index (χ3v) is 2.45. The van der Waals surface area contributed by atoms with Gasteiger partial charge in [0.2, 0.25) is 0 Å². The maximum Gasteiger partial charge on any atom is 0.0346 e. The van der Waals surface area contributed by atoms with Crippen LogP contribution < -0.4 is 0 Å². The van der Waals surface area contributed by atoms with Crippen molar-refractivity contribution in [1.82, 2.24) is 4.98 Å². The number of pyridine rings is 1. The van der Waals surface area contributed by atoms with Gasteiger partial charge in [0, 0.05) is 23.0 Å². The number of fused-ring (bicyclic) bond motifs is 1. The van der Waals surface area contributed by atoms with Crippen LogP contribution in [0.3, 0.4) is 0 Å². The highest BCUT2D eigenvalue weighted by Gasteiger charge is 2.00. The minimum absolute atomic E-state index is 0.282. The van der Waals surface area contributed by atoms with E-state index in [0.29, 0.717) is 0 Å². The van der Waals surface area contributed by atoms with Gasteiger partial charge >= 0.3 is 0 Å². The molecule has 0 amide bonds. The number of benzene rings is 1. The summed E-state index contributed by atoms with van der Waals surface area (Å²) in [5, 5.41) is 2.69. The normalized spacial score (nSPS) is 13.1. The van der Waals surface area contributed by atoms with E-state index in [-0.39, 0.29) is 5.25 Å². The molecule has 1 aromatic carbocycles. The average molecular weight is 189 g/mol. The van der Waals surface area contributed by atoms with Gasteiger partial charge in [0.05, 0.1) is 0 Å². The topological polar surface area (TPSA) is 12.9 Å². The molecule has 2 aromatic rings. The van der Waals surface area contributed by atoms with Crippen LogP contribution in [0.15, 0.2) is 36.7 Å². The Morgan fingerprint density at radius 2 is 2.08 bits per heavy atom. The van der Waals surface area contributed by atoms with E-state index in [1.807, 2.05) is 18.5 Å². The smallest absolute Gasteiger partial charge is 0.0346 e. The molecule has 2 rings (SSSR count). The Morgan fingerprint density at radius 3 is 2.85 bits per heavy atom. The fourth-order valence-electron chi connectivity index (χ4n) is 1.36. The van der Waals surface area contributed by atoms with Gasteiger partial charge in [-0.25, -0.2) is 0 Å². The maximum absolute atomic E-state index is 4.39. The SMILES string of the molecule is CC(S)c1ccc2ccncc2c1. The minimum atomic E-state index is 0.282. The van der Waals surface area contributed by atoms with Gasteiger partial charge < -0.3 is 0 Å². The molecule has 0 aliphatic heterocycles. The first-order valence-electron chi connectivity index (χ1n) is 4.29. The van der Waals surface area contributed by atoms with Crippen LogP contribution in [0.25, 0.3) is 10.8 Å². The molecule has 0 saturated carbocycles. The van der Waals surface area contributed by atoms with Crippen LogP contribution in [0.4, 0.5) is 0 Å².